The standard InChI is InChI=1S/C48H49N11O6/c1-30(60)56-16-11-42-40(25-56)45(54-58(42)38-13-18-64-27-38)31-4-2-6-33(20-31)47(62)52-36-10-15-51-35(22-36)8-9-44(61)57-17-12-43-41(26-57)46(55-59(43)39-14-19-65-28-39)32-5-3-7-34(21-32)48(63)53-37-23-49-29-50-24-37/h2-7,10,15,20-24,29,38-39H,8-9,11-14,16-19,25-28H2,1H3,(H,53,63)(H,51,52,62). The molecule has 17 heteroatoms. The molecule has 2 atom stereocenters. The van der Waals surface area contributed by atoms with Crippen molar-refractivity contribution >= 4 is 35.0 Å². The third-order valence-corrected chi connectivity index (χ3v) is 12.8. The van der Waals surface area contributed by atoms with E-state index in [0.717, 1.165) is 57.9 Å². The number of nitrogens with zero attached hydrogens (tertiary/aromatic N) is 9. The molecular weight excluding hydrogens is 827 g/mol. The SMILES string of the molecule is CC(=O)N1CCc2c(c(-c3cccc(C(=O)Nc4ccnc(CCC(=O)N5CCc6c(c(-c7cccc(C(=O)Nc8cncnc8)c7)nn6C6CCOC6)C5)c4)c3)nn2C2CCOC2)C1. The number of aromatic nitrogens is 7. The highest BCUT2D eigenvalue weighted by Gasteiger charge is 2.33. The van der Waals surface area contributed by atoms with Gasteiger partial charge in [-0.2, -0.15) is 10.2 Å². The van der Waals surface area contributed by atoms with Gasteiger partial charge in [0.1, 0.15) is 6.33 Å². The minimum Gasteiger partial charge on any atom is -0.379 e. The lowest BCUT2D eigenvalue weighted by Crippen LogP contribution is -2.36. The summed E-state index contributed by atoms with van der Waals surface area (Å²) in [7, 11) is 0. The maximum Gasteiger partial charge on any atom is 0.255 e. The summed E-state index contributed by atoms with van der Waals surface area (Å²) in [4.78, 5) is 69.5. The summed E-state index contributed by atoms with van der Waals surface area (Å²) in [6.45, 7) is 6.15. The average molecular weight is 876 g/mol. The van der Waals surface area contributed by atoms with Crippen LogP contribution in [0.15, 0.2) is 85.6 Å². The number of aryl methyl sites for hydroxylation is 1. The van der Waals surface area contributed by atoms with E-state index >= 15 is 0 Å². The minimum atomic E-state index is -0.292. The van der Waals surface area contributed by atoms with Crippen LogP contribution in [0, 0.1) is 0 Å². The van der Waals surface area contributed by atoms with E-state index in [-0.39, 0.29) is 42.1 Å². The fourth-order valence-electron chi connectivity index (χ4n) is 9.34. The maximum absolute atomic E-state index is 13.9. The Bertz CT molecular complexity index is 2770. The predicted octanol–water partition coefficient (Wildman–Crippen LogP) is 5.45. The lowest BCUT2D eigenvalue weighted by atomic mass is 9.98. The molecule has 2 N–H and O–H groups in total. The van der Waals surface area contributed by atoms with E-state index < -0.39 is 0 Å². The molecule has 0 radical (unpaired) electrons. The number of benzene rings is 2. The molecule has 10 rings (SSSR count). The zero-order valence-corrected chi connectivity index (χ0v) is 36.1. The monoisotopic (exact) mass is 875 g/mol. The average Bonchev–Trinajstić information content (AvgIpc) is 4.18. The van der Waals surface area contributed by atoms with Crippen LogP contribution < -0.4 is 10.6 Å². The second-order valence-corrected chi connectivity index (χ2v) is 17.0. The second kappa shape index (κ2) is 18.2. The van der Waals surface area contributed by atoms with Crippen molar-refractivity contribution in [3.8, 4) is 22.5 Å². The van der Waals surface area contributed by atoms with Crippen molar-refractivity contribution in [2.75, 3.05) is 50.2 Å². The lowest BCUT2D eigenvalue weighted by Gasteiger charge is -2.28. The number of carbonyl (C=O) groups is 4. The first-order chi connectivity index (χ1) is 31.8. The first-order valence-corrected chi connectivity index (χ1v) is 22.2. The van der Waals surface area contributed by atoms with Crippen LogP contribution in [0.1, 0.15) is 87.2 Å². The Morgan fingerprint density at radius 1 is 0.708 bits per heavy atom. The van der Waals surface area contributed by atoms with E-state index in [1.165, 1.54) is 18.7 Å². The molecule has 2 unspecified atom stereocenters. The number of pyridine rings is 1. The molecule has 4 aliphatic rings. The molecule has 0 bridgehead atoms. The molecule has 0 saturated carbocycles. The Labute approximate surface area is 375 Å². The number of fused-ring (bicyclic) bond motifs is 2. The number of anilines is 2. The summed E-state index contributed by atoms with van der Waals surface area (Å²) in [5.74, 6) is -0.570. The Balaban J connectivity index is 0.817. The summed E-state index contributed by atoms with van der Waals surface area (Å²) in [5, 5.41) is 16.1. The van der Waals surface area contributed by atoms with Gasteiger partial charge < -0.3 is 29.9 Å². The first kappa shape index (κ1) is 41.9. The normalized spacial score (nSPS) is 18.0. The molecule has 6 aromatic rings. The highest BCUT2D eigenvalue weighted by atomic mass is 16.5. The molecule has 4 aliphatic heterocycles. The van der Waals surface area contributed by atoms with Crippen LogP contribution in [-0.2, 0) is 51.4 Å². The number of rotatable bonds is 11. The smallest absolute Gasteiger partial charge is 0.255 e. The fraction of sp³-hybridized carbons (Fsp3) is 0.354. The Morgan fingerprint density at radius 3 is 1.85 bits per heavy atom. The molecule has 2 fully saturated rings. The van der Waals surface area contributed by atoms with Crippen molar-refractivity contribution in [3.63, 3.8) is 0 Å². The molecule has 332 valence electrons. The molecule has 17 nitrogen and oxygen atoms in total. The van der Waals surface area contributed by atoms with E-state index in [1.54, 1.807) is 37.4 Å². The molecule has 4 aromatic heterocycles. The summed E-state index contributed by atoms with van der Waals surface area (Å²) in [5.41, 5.74) is 9.95. The Kier molecular flexibility index (Phi) is 11.7. The van der Waals surface area contributed by atoms with Gasteiger partial charge in [0.15, 0.2) is 0 Å². The van der Waals surface area contributed by atoms with Gasteiger partial charge in [-0.3, -0.25) is 33.5 Å². The van der Waals surface area contributed by atoms with Gasteiger partial charge in [0.25, 0.3) is 11.8 Å². The Morgan fingerprint density at radius 2 is 1.28 bits per heavy atom. The number of carbonyl (C=O) groups excluding carboxylic acids is 4. The van der Waals surface area contributed by atoms with Crippen molar-refractivity contribution in [1.82, 2.24) is 44.3 Å². The van der Waals surface area contributed by atoms with Crippen molar-refractivity contribution in [3.05, 3.63) is 125 Å². The zero-order chi connectivity index (χ0) is 44.4. The summed E-state index contributed by atoms with van der Waals surface area (Å²) in [6, 6.07) is 18.5. The van der Waals surface area contributed by atoms with Gasteiger partial charge >= 0.3 is 0 Å². The van der Waals surface area contributed by atoms with E-state index in [1.807, 2.05) is 46.2 Å². The molecule has 0 aliphatic carbocycles. The summed E-state index contributed by atoms with van der Waals surface area (Å²) >= 11 is 0. The fourth-order valence-corrected chi connectivity index (χ4v) is 9.34. The summed E-state index contributed by atoms with van der Waals surface area (Å²) in [6.07, 6.45) is 9.81. The van der Waals surface area contributed by atoms with Crippen molar-refractivity contribution < 1.29 is 28.7 Å². The van der Waals surface area contributed by atoms with Crippen molar-refractivity contribution in [1.29, 1.82) is 0 Å². The number of amides is 4. The summed E-state index contributed by atoms with van der Waals surface area (Å²) < 4.78 is 15.6. The van der Waals surface area contributed by atoms with E-state index in [9.17, 15) is 19.2 Å². The zero-order valence-electron chi connectivity index (χ0n) is 36.1. The molecule has 8 heterocycles. The molecule has 0 spiro atoms. The van der Waals surface area contributed by atoms with E-state index in [2.05, 4.69) is 34.9 Å². The molecular formula is C48H49N11O6. The van der Waals surface area contributed by atoms with Gasteiger partial charge in [-0.05, 0) is 55.7 Å². The van der Waals surface area contributed by atoms with Crippen LogP contribution in [0.3, 0.4) is 0 Å². The quantitative estimate of drug-likeness (QED) is 0.168. The third kappa shape index (κ3) is 8.76. The van der Waals surface area contributed by atoms with Gasteiger partial charge in [0, 0.05) is 128 Å². The lowest BCUT2D eigenvalue weighted by molar-refractivity contribution is -0.132. The highest BCUT2D eigenvalue weighted by molar-refractivity contribution is 6.05. The molecule has 2 saturated heterocycles. The topological polar surface area (TPSA) is 192 Å². The largest absolute Gasteiger partial charge is 0.379 e. The van der Waals surface area contributed by atoms with Crippen LogP contribution in [0.25, 0.3) is 22.5 Å². The molecule has 4 amide bonds. The van der Waals surface area contributed by atoms with Crippen LogP contribution in [-0.4, -0.2) is 107 Å². The van der Waals surface area contributed by atoms with Crippen molar-refractivity contribution in [2.24, 2.45) is 0 Å². The van der Waals surface area contributed by atoms with Gasteiger partial charge in [0.05, 0.1) is 54.8 Å². The first-order valence-electron chi connectivity index (χ1n) is 22.2. The molecule has 65 heavy (non-hydrogen) atoms. The highest BCUT2D eigenvalue weighted by Crippen LogP contribution is 2.36. The van der Waals surface area contributed by atoms with E-state index in [4.69, 9.17) is 19.7 Å². The van der Waals surface area contributed by atoms with Crippen LogP contribution >= 0.6 is 0 Å². The van der Waals surface area contributed by atoms with Gasteiger partial charge in [0.2, 0.25) is 11.8 Å². The third-order valence-electron chi connectivity index (χ3n) is 12.8. The number of ether oxygens (including phenoxy) is 2. The van der Waals surface area contributed by atoms with Crippen LogP contribution in [0.2, 0.25) is 0 Å². The van der Waals surface area contributed by atoms with Gasteiger partial charge in [-0.25, -0.2) is 9.97 Å². The second-order valence-electron chi connectivity index (χ2n) is 17.0. The molecule has 2 aromatic carbocycles. The van der Waals surface area contributed by atoms with Gasteiger partial charge in [-0.15, -0.1) is 0 Å². The number of hydrogen-bond donors (Lipinski definition) is 2. The van der Waals surface area contributed by atoms with Crippen LogP contribution in [0.4, 0.5) is 11.4 Å². The minimum absolute atomic E-state index is 0.0127. The Hall–Kier alpha value is -7.11. The number of hydrogen-bond acceptors (Lipinski definition) is 11. The number of nitrogens with one attached hydrogen (secondary N) is 2. The van der Waals surface area contributed by atoms with Crippen LogP contribution in [0.5, 0.6) is 0 Å². The van der Waals surface area contributed by atoms with Gasteiger partial charge in [-0.1, -0.05) is 24.3 Å². The maximum atomic E-state index is 13.9. The predicted molar refractivity (Wildman–Crippen MR) is 239 cm³/mol. The van der Waals surface area contributed by atoms with E-state index in [0.29, 0.717) is 100 Å². The van der Waals surface area contributed by atoms with Crippen molar-refractivity contribution in [2.45, 2.75) is 70.6 Å².